The minimum atomic E-state index is -2.96. The highest BCUT2D eigenvalue weighted by Gasteiger charge is 2.48. The van der Waals surface area contributed by atoms with Crippen molar-refractivity contribution in [1.82, 2.24) is 0 Å². The van der Waals surface area contributed by atoms with Gasteiger partial charge in [0.05, 0.1) is 10.5 Å². The van der Waals surface area contributed by atoms with Gasteiger partial charge in [-0.1, -0.05) is 36.4 Å². The van der Waals surface area contributed by atoms with Crippen LogP contribution in [0.2, 0.25) is 0 Å². The Kier molecular flexibility index (Phi) is 3.12. The minimum Gasteiger partial charge on any atom is -0.294 e. The first-order chi connectivity index (χ1) is 10.6. The Balaban J connectivity index is 1.64. The average molecular weight is 314 g/mol. The molecule has 0 saturated carbocycles. The second kappa shape index (κ2) is 4.92. The molecular formula is C18H18O3S. The number of fused-ring (bicyclic) bond motifs is 3. The first-order valence-electron chi connectivity index (χ1n) is 7.81. The summed E-state index contributed by atoms with van der Waals surface area (Å²) in [5.74, 6) is -0.0280. The summed E-state index contributed by atoms with van der Waals surface area (Å²) in [5.41, 5.74) is 0.711. The molecular weight excluding hydrogens is 296 g/mol. The molecule has 114 valence electrons. The second-order valence-corrected chi connectivity index (χ2v) is 9.02. The molecule has 2 aliphatic rings. The predicted molar refractivity (Wildman–Crippen MR) is 86.7 cm³/mol. The van der Waals surface area contributed by atoms with Crippen molar-refractivity contribution < 1.29 is 13.2 Å². The van der Waals surface area contributed by atoms with Crippen LogP contribution in [0, 0.1) is 5.92 Å². The lowest BCUT2D eigenvalue weighted by molar-refractivity contribution is 0.0905. The van der Waals surface area contributed by atoms with Crippen LogP contribution in [0.15, 0.2) is 42.5 Å². The zero-order valence-corrected chi connectivity index (χ0v) is 13.1. The molecule has 0 spiro atoms. The third-order valence-corrected chi connectivity index (χ3v) is 7.95. The van der Waals surface area contributed by atoms with Crippen molar-refractivity contribution in [1.29, 1.82) is 0 Å². The van der Waals surface area contributed by atoms with E-state index in [4.69, 9.17) is 0 Å². The third-order valence-electron chi connectivity index (χ3n) is 5.24. The van der Waals surface area contributed by atoms with Crippen LogP contribution in [0.25, 0.3) is 10.8 Å². The summed E-state index contributed by atoms with van der Waals surface area (Å²) in [5, 5.41) is 1.59. The predicted octanol–water partition coefficient (Wildman–Crippen LogP) is 3.38. The van der Waals surface area contributed by atoms with E-state index < -0.39 is 9.84 Å². The summed E-state index contributed by atoms with van der Waals surface area (Å²) >= 11 is 0. The van der Waals surface area contributed by atoms with E-state index in [1.54, 1.807) is 0 Å². The number of carbonyl (C=O) groups is 1. The molecule has 0 radical (unpaired) electrons. The van der Waals surface area contributed by atoms with Gasteiger partial charge in [0.2, 0.25) is 0 Å². The van der Waals surface area contributed by atoms with Crippen LogP contribution in [0.4, 0.5) is 0 Å². The summed E-state index contributed by atoms with van der Waals surface area (Å²) in [7, 11) is -2.96. The average Bonchev–Trinajstić information content (AvgIpc) is 2.72. The summed E-state index contributed by atoms with van der Waals surface area (Å²) in [6, 6.07) is 13.7. The second-order valence-electron chi connectivity index (χ2n) is 6.50. The van der Waals surface area contributed by atoms with Gasteiger partial charge in [0.25, 0.3) is 0 Å². The van der Waals surface area contributed by atoms with E-state index >= 15 is 0 Å². The van der Waals surface area contributed by atoms with Gasteiger partial charge in [-0.2, -0.15) is 0 Å². The number of ketones is 1. The van der Waals surface area contributed by atoms with Crippen LogP contribution in [0.3, 0.4) is 0 Å². The lowest BCUT2D eigenvalue weighted by Gasteiger charge is -2.27. The molecule has 0 aliphatic carbocycles. The maximum atomic E-state index is 12.8. The largest absolute Gasteiger partial charge is 0.294 e. The van der Waals surface area contributed by atoms with E-state index in [1.165, 1.54) is 0 Å². The Labute approximate surface area is 130 Å². The van der Waals surface area contributed by atoms with Gasteiger partial charge in [0.1, 0.15) is 0 Å². The molecule has 0 aromatic heterocycles. The van der Waals surface area contributed by atoms with E-state index in [2.05, 4.69) is 0 Å². The molecule has 2 unspecified atom stereocenters. The Bertz CT molecular complexity index is 834. The normalized spacial score (nSPS) is 29.5. The van der Waals surface area contributed by atoms with Gasteiger partial charge in [0.15, 0.2) is 15.6 Å². The molecule has 2 heterocycles. The molecule has 4 heteroatoms. The summed E-state index contributed by atoms with van der Waals surface area (Å²) in [6.45, 7) is 0. The lowest BCUT2D eigenvalue weighted by atomic mass is 9.89. The van der Waals surface area contributed by atoms with Crippen LogP contribution in [0.5, 0.6) is 0 Å². The molecule has 0 N–H and O–H groups in total. The molecule has 2 bridgehead atoms. The standard InChI is InChI=1S/C18H18O3S/c19-18(14-6-5-12-3-1-2-4-13(12)9-14)15-10-16-7-8-17(11-15)22(16,20)21/h1-6,9,15-17H,7-8,10-11H2. The third kappa shape index (κ3) is 2.09. The highest BCUT2D eigenvalue weighted by Crippen LogP contribution is 2.42. The molecule has 22 heavy (non-hydrogen) atoms. The van der Waals surface area contributed by atoms with Crippen LogP contribution < -0.4 is 0 Å². The summed E-state index contributed by atoms with van der Waals surface area (Å²) in [4.78, 5) is 12.8. The van der Waals surface area contributed by atoms with Crippen molar-refractivity contribution in [2.24, 2.45) is 5.92 Å². The van der Waals surface area contributed by atoms with Crippen molar-refractivity contribution in [3.8, 4) is 0 Å². The Hall–Kier alpha value is -1.68. The van der Waals surface area contributed by atoms with Gasteiger partial charge >= 0.3 is 0 Å². The topological polar surface area (TPSA) is 51.2 Å². The Morgan fingerprint density at radius 1 is 0.909 bits per heavy atom. The smallest absolute Gasteiger partial charge is 0.166 e. The number of Topliss-reactive ketones (excluding diaryl/α,β-unsaturated/α-hetero) is 1. The maximum absolute atomic E-state index is 12.8. The first kappa shape index (κ1) is 13.9. The monoisotopic (exact) mass is 314 g/mol. The van der Waals surface area contributed by atoms with Gasteiger partial charge in [-0.25, -0.2) is 8.42 Å². The number of hydrogen-bond donors (Lipinski definition) is 0. The number of benzene rings is 2. The Morgan fingerprint density at radius 2 is 1.55 bits per heavy atom. The molecule has 2 aliphatic heterocycles. The van der Waals surface area contributed by atoms with Gasteiger partial charge in [0, 0.05) is 11.5 Å². The van der Waals surface area contributed by atoms with Crippen LogP contribution in [-0.2, 0) is 9.84 Å². The van der Waals surface area contributed by atoms with E-state index in [1.807, 2.05) is 42.5 Å². The van der Waals surface area contributed by atoms with Crippen LogP contribution in [-0.4, -0.2) is 24.7 Å². The molecule has 2 atom stereocenters. The van der Waals surface area contributed by atoms with Gasteiger partial charge in [-0.3, -0.25) is 4.79 Å². The van der Waals surface area contributed by atoms with Crippen LogP contribution >= 0.6 is 0 Å². The van der Waals surface area contributed by atoms with Crippen molar-refractivity contribution in [3.63, 3.8) is 0 Å². The van der Waals surface area contributed by atoms with E-state index in [-0.39, 0.29) is 22.2 Å². The van der Waals surface area contributed by atoms with Crippen LogP contribution in [0.1, 0.15) is 36.0 Å². The number of carbonyl (C=O) groups excluding carboxylic acids is 1. The number of rotatable bonds is 2. The lowest BCUT2D eigenvalue weighted by Crippen LogP contribution is -2.36. The molecule has 0 amide bonds. The number of sulfone groups is 1. The molecule has 2 fully saturated rings. The quantitative estimate of drug-likeness (QED) is 0.799. The molecule has 3 nitrogen and oxygen atoms in total. The molecule has 2 aromatic carbocycles. The van der Waals surface area contributed by atoms with E-state index in [9.17, 15) is 13.2 Å². The van der Waals surface area contributed by atoms with Gasteiger partial charge in [-0.15, -0.1) is 0 Å². The van der Waals surface area contributed by atoms with Crippen molar-refractivity contribution in [3.05, 3.63) is 48.0 Å². The molecule has 2 saturated heterocycles. The first-order valence-corrected chi connectivity index (χ1v) is 9.42. The van der Waals surface area contributed by atoms with E-state index in [0.717, 1.165) is 23.6 Å². The summed E-state index contributed by atoms with van der Waals surface area (Å²) < 4.78 is 24.3. The summed E-state index contributed by atoms with van der Waals surface area (Å²) in [6.07, 6.45) is 2.47. The van der Waals surface area contributed by atoms with Crippen molar-refractivity contribution in [2.75, 3.05) is 0 Å². The highest BCUT2D eigenvalue weighted by atomic mass is 32.2. The fourth-order valence-electron chi connectivity index (χ4n) is 4.00. The van der Waals surface area contributed by atoms with Gasteiger partial charge < -0.3 is 0 Å². The Morgan fingerprint density at radius 3 is 2.23 bits per heavy atom. The highest BCUT2D eigenvalue weighted by molar-refractivity contribution is 7.93. The maximum Gasteiger partial charge on any atom is 0.166 e. The van der Waals surface area contributed by atoms with E-state index in [0.29, 0.717) is 18.4 Å². The fourth-order valence-corrected chi connectivity index (χ4v) is 6.47. The number of hydrogen-bond acceptors (Lipinski definition) is 3. The molecule has 2 aromatic rings. The minimum absolute atomic E-state index is 0.109. The molecule has 4 rings (SSSR count). The van der Waals surface area contributed by atoms with Crippen molar-refractivity contribution >= 4 is 26.4 Å². The van der Waals surface area contributed by atoms with Crippen molar-refractivity contribution in [2.45, 2.75) is 36.2 Å². The fraction of sp³-hybridized carbons (Fsp3) is 0.389. The van der Waals surface area contributed by atoms with Gasteiger partial charge in [-0.05, 0) is 42.5 Å². The zero-order valence-electron chi connectivity index (χ0n) is 12.2. The zero-order chi connectivity index (χ0) is 15.3. The SMILES string of the molecule is O=C(c1ccc2ccccc2c1)C1CC2CCC(C1)S2(=O)=O.